The van der Waals surface area contributed by atoms with E-state index in [1.165, 1.54) is 0 Å². The predicted molar refractivity (Wildman–Crippen MR) is 135 cm³/mol. The third-order valence-corrected chi connectivity index (χ3v) is 13.1. The summed E-state index contributed by atoms with van der Waals surface area (Å²) in [7, 11) is 0. The van der Waals surface area contributed by atoms with E-state index >= 15 is 0 Å². The number of carbonyl (C=O) groups excluding carboxylic acids is 2. The monoisotopic (exact) mass is 574 g/mol. The Morgan fingerprint density at radius 1 is 0.765 bits per heavy atom. The second kappa shape index (κ2) is 7.95. The molecule has 5 rings (SSSR count). The zero-order chi connectivity index (χ0) is 24.4. The quantitative estimate of drug-likeness (QED) is 0.300. The van der Waals surface area contributed by atoms with E-state index in [4.69, 9.17) is 19.3 Å². The molecule has 4 aliphatic carbocycles. The Morgan fingerprint density at radius 2 is 1.15 bits per heavy atom. The molecule has 180 valence electrons. The molecule has 0 heterocycles. The Balaban J connectivity index is 1.44. The van der Waals surface area contributed by atoms with E-state index in [9.17, 15) is 9.59 Å². The summed E-state index contributed by atoms with van der Waals surface area (Å²) in [5.41, 5.74) is 1.03. The first-order valence-electron chi connectivity index (χ1n) is 12.1. The van der Waals surface area contributed by atoms with Crippen molar-refractivity contribution in [2.75, 3.05) is 0 Å². The molecule has 0 atom stereocenters. The number of aryl methyl sites for hydroxylation is 3. The second-order valence-electron chi connectivity index (χ2n) is 11.2. The van der Waals surface area contributed by atoms with Crippen LogP contribution < -0.4 is 0 Å². The number of rotatable bonds is 5. The molecular formula is C27H31IN2O4. The van der Waals surface area contributed by atoms with Gasteiger partial charge in [-0.2, -0.15) is 0 Å². The van der Waals surface area contributed by atoms with Crippen LogP contribution in [0.5, 0.6) is 0 Å². The average Bonchev–Trinajstić information content (AvgIpc) is 3.57. The molecule has 4 bridgehead atoms. The molecule has 0 aliphatic heterocycles. The topological polar surface area (TPSA) is 61.3 Å². The summed E-state index contributed by atoms with van der Waals surface area (Å²) in [6.07, 6.45) is 6.78. The van der Waals surface area contributed by atoms with Gasteiger partial charge >= 0.3 is 210 Å². The number of hydrogen-bond acceptors (Lipinski definition) is 4. The fraction of sp³-hybridized carbons (Fsp3) is 0.630. The van der Waals surface area contributed by atoms with Gasteiger partial charge in [-0.1, -0.05) is 0 Å². The fourth-order valence-electron chi connectivity index (χ4n) is 7.00. The van der Waals surface area contributed by atoms with Crippen LogP contribution in [-0.2, 0) is 15.7 Å². The van der Waals surface area contributed by atoms with Crippen molar-refractivity contribution in [1.82, 2.24) is 0 Å². The molecule has 0 aromatic heterocycles. The molecule has 0 saturated heterocycles. The Labute approximate surface area is 209 Å². The van der Waals surface area contributed by atoms with Crippen LogP contribution in [0.2, 0.25) is 0 Å². The Bertz CT molecular complexity index is 1060. The molecule has 1 aromatic carbocycles. The van der Waals surface area contributed by atoms with Gasteiger partial charge in [-0.25, -0.2) is 0 Å². The van der Waals surface area contributed by atoms with Crippen LogP contribution in [0.25, 0.3) is 9.69 Å². The summed E-state index contributed by atoms with van der Waals surface area (Å²) in [6, 6.07) is 4.10. The number of nitrogens with zero attached hydrogens (tertiary/aromatic N) is 2. The summed E-state index contributed by atoms with van der Waals surface area (Å²) in [4.78, 5) is 34.9. The first-order chi connectivity index (χ1) is 16.1. The molecule has 1 aromatic rings. The van der Waals surface area contributed by atoms with E-state index in [1.807, 2.05) is 20.8 Å². The molecule has 34 heavy (non-hydrogen) atoms. The third kappa shape index (κ3) is 3.54. The van der Waals surface area contributed by atoms with E-state index in [2.05, 4.69) is 21.8 Å². The van der Waals surface area contributed by atoms with E-state index < -0.39 is 42.6 Å². The molecule has 0 amide bonds. The maximum absolute atomic E-state index is 13.6. The Hall–Kier alpha value is -2.13. The van der Waals surface area contributed by atoms with Gasteiger partial charge in [0, 0.05) is 0 Å². The van der Waals surface area contributed by atoms with Gasteiger partial charge in [0.1, 0.15) is 0 Å². The maximum atomic E-state index is 13.6. The minimum atomic E-state index is -3.15. The van der Waals surface area contributed by atoms with Crippen LogP contribution in [0.4, 0.5) is 0 Å². The second-order valence-corrected chi connectivity index (χ2v) is 14.4. The van der Waals surface area contributed by atoms with E-state index in [0.717, 1.165) is 45.9 Å². The summed E-state index contributed by atoms with van der Waals surface area (Å²) in [6.45, 7) is 21.2. The summed E-state index contributed by atoms with van der Waals surface area (Å²) < 4.78 is 13.3. The molecule has 4 fully saturated rings. The van der Waals surface area contributed by atoms with Gasteiger partial charge < -0.3 is 0 Å². The normalized spacial score (nSPS) is 35.5. The molecule has 0 radical (unpaired) electrons. The molecule has 0 unspecified atom stereocenters. The van der Waals surface area contributed by atoms with Gasteiger partial charge in [-0.3, -0.25) is 0 Å². The summed E-state index contributed by atoms with van der Waals surface area (Å²) in [5, 5.41) is 0. The molecule has 6 nitrogen and oxygen atoms in total. The number of fused-ring (bicyclic) bond motifs is 4. The number of hydrogen-bond donors (Lipinski definition) is 0. The fourth-order valence-corrected chi connectivity index (χ4v) is 10.9. The van der Waals surface area contributed by atoms with Gasteiger partial charge in [0.05, 0.1) is 0 Å². The predicted octanol–water partition coefficient (Wildman–Crippen LogP) is 6.45. The van der Waals surface area contributed by atoms with Crippen molar-refractivity contribution in [1.29, 1.82) is 0 Å². The molecule has 4 aliphatic rings. The first-order valence-corrected chi connectivity index (χ1v) is 14.9. The average molecular weight is 574 g/mol. The molecule has 0 spiro atoms. The van der Waals surface area contributed by atoms with Crippen LogP contribution in [0.15, 0.2) is 12.1 Å². The minimum absolute atomic E-state index is 0.279. The standard InChI is InChI=1S/C27H31IN2O4/c1-18-14-19(2)21(20(3)15-18)28(33-22(31)24-6-10-26(16-24,29-4)11-7-24)34-23(32)25-8-12-27(17-25,30-5)13-9-25/h14-15H,6-13,16-17H2,1-3H3. The van der Waals surface area contributed by atoms with Crippen LogP contribution in [0.3, 0.4) is 0 Å². The Kier molecular flexibility index (Phi) is 5.52. The molecule has 0 N–H and O–H groups in total. The van der Waals surface area contributed by atoms with E-state index in [1.54, 1.807) is 0 Å². The van der Waals surface area contributed by atoms with Crippen molar-refractivity contribution in [2.24, 2.45) is 10.8 Å². The number of carbonyl (C=O) groups is 2. The van der Waals surface area contributed by atoms with E-state index in [0.29, 0.717) is 38.5 Å². The zero-order valence-electron chi connectivity index (χ0n) is 20.1. The zero-order valence-corrected chi connectivity index (χ0v) is 22.3. The van der Waals surface area contributed by atoms with Crippen molar-refractivity contribution in [3.63, 3.8) is 0 Å². The van der Waals surface area contributed by atoms with Gasteiger partial charge in [-0.15, -0.1) is 0 Å². The van der Waals surface area contributed by atoms with E-state index in [-0.39, 0.29) is 11.9 Å². The first kappa shape index (κ1) is 23.6. The van der Waals surface area contributed by atoms with Crippen LogP contribution in [-0.4, -0.2) is 23.0 Å². The van der Waals surface area contributed by atoms with Gasteiger partial charge in [-0.05, 0) is 0 Å². The van der Waals surface area contributed by atoms with Crippen LogP contribution in [0.1, 0.15) is 80.9 Å². The number of benzene rings is 1. The molecular weight excluding hydrogens is 543 g/mol. The summed E-state index contributed by atoms with van der Waals surface area (Å²) >= 11 is -3.15. The molecule has 4 saturated carbocycles. The molecule has 7 heteroatoms. The third-order valence-electron chi connectivity index (χ3n) is 8.97. The summed E-state index contributed by atoms with van der Waals surface area (Å²) in [5.74, 6) is -0.558. The number of halogens is 1. The van der Waals surface area contributed by atoms with Crippen molar-refractivity contribution < 1.29 is 15.7 Å². The SMILES string of the molecule is [C-]#[N+]C12CCC(C(=O)OI(OC(=O)C34CCC([N+]#[C-])(CC3)C4)c3c(C)cc(C)cc3C)(CC1)C2. The Morgan fingerprint density at radius 3 is 1.47 bits per heavy atom. The van der Waals surface area contributed by atoms with Crippen molar-refractivity contribution in [3.8, 4) is 0 Å². The van der Waals surface area contributed by atoms with Gasteiger partial charge in [0.2, 0.25) is 0 Å². The van der Waals surface area contributed by atoms with Crippen molar-refractivity contribution in [3.05, 3.63) is 55.2 Å². The van der Waals surface area contributed by atoms with Crippen LogP contribution >= 0.6 is 20.6 Å². The van der Waals surface area contributed by atoms with Crippen molar-refractivity contribution in [2.45, 2.75) is 96.1 Å². The van der Waals surface area contributed by atoms with Crippen molar-refractivity contribution >= 4 is 32.6 Å². The van der Waals surface area contributed by atoms with Crippen LogP contribution in [0, 0.1) is 48.3 Å². The van der Waals surface area contributed by atoms with Gasteiger partial charge in [0.25, 0.3) is 0 Å². The van der Waals surface area contributed by atoms with Gasteiger partial charge in [0.15, 0.2) is 0 Å².